The first-order valence-electron chi connectivity index (χ1n) is 16.4. The molecule has 2 heterocycles. The molecule has 0 aliphatic heterocycles. The van der Waals surface area contributed by atoms with Crippen LogP contribution >= 0.6 is 11.3 Å². The number of carbonyl (C=O) groups is 1. The van der Waals surface area contributed by atoms with Crippen LogP contribution in [-0.2, 0) is 35.1 Å². The Hall–Kier alpha value is -6.94. The minimum absolute atomic E-state index is 0.0917. The second-order valence-corrected chi connectivity index (χ2v) is 17.4. The maximum absolute atomic E-state index is 12.7. The average molecular weight is 893 g/mol. The van der Waals surface area contributed by atoms with E-state index in [0.717, 1.165) is 58.0 Å². The van der Waals surface area contributed by atoms with E-state index >= 15 is 0 Å². The van der Waals surface area contributed by atoms with Gasteiger partial charge in [0.05, 0.1) is 32.7 Å². The number of amides is 1. The largest absolute Gasteiger partial charge is 0.505 e. The Kier molecular flexibility index (Phi) is 10.8. The smallest absolute Gasteiger partial charge is 0.297 e. The summed E-state index contributed by atoms with van der Waals surface area (Å²) in [6.07, 6.45) is 1.04. The fourth-order valence-electron chi connectivity index (χ4n) is 5.55. The van der Waals surface area contributed by atoms with Gasteiger partial charge in [-0.05, 0) is 66.7 Å². The predicted molar refractivity (Wildman–Crippen MR) is 213 cm³/mol. The number of nitrogens with one attached hydrogen (secondary N) is 1. The number of thiazole rings is 1. The summed E-state index contributed by atoms with van der Waals surface area (Å²) >= 11 is 1.19. The van der Waals surface area contributed by atoms with Crippen LogP contribution in [0.5, 0.6) is 11.6 Å². The number of rotatable bonds is 11. The summed E-state index contributed by atoms with van der Waals surface area (Å²) in [5.74, 6) is -1.89. The third-order valence-corrected chi connectivity index (χ3v) is 11.8. The third-order valence-electron chi connectivity index (χ3n) is 8.17. The number of fused-ring (bicyclic) bond motifs is 2. The molecule has 0 bridgehead atoms. The number of phenols is 1. The van der Waals surface area contributed by atoms with E-state index in [1.165, 1.54) is 36.5 Å². The number of aromatic hydroxyl groups is 2. The van der Waals surface area contributed by atoms with Crippen LogP contribution in [0, 0.1) is 0 Å². The van der Waals surface area contributed by atoms with Crippen molar-refractivity contribution in [2.24, 2.45) is 30.7 Å². The van der Waals surface area contributed by atoms with Crippen LogP contribution in [0.1, 0.15) is 6.92 Å². The number of benzene rings is 5. The Balaban J connectivity index is 1.23. The van der Waals surface area contributed by atoms with Gasteiger partial charge in [0.25, 0.3) is 30.4 Å². The molecule has 60 heavy (non-hydrogen) atoms. The number of azo groups is 3. The Bertz CT molecular complexity index is 3300. The summed E-state index contributed by atoms with van der Waals surface area (Å²) in [6, 6.07) is 18.1. The quantitative estimate of drug-likeness (QED) is 0.0529. The zero-order valence-electron chi connectivity index (χ0n) is 29.9. The van der Waals surface area contributed by atoms with E-state index in [2.05, 4.69) is 46.1 Å². The third kappa shape index (κ3) is 8.59. The number of nitrogens with zero attached hydrogens (tertiary/aromatic N) is 9. The second kappa shape index (κ2) is 15.7. The van der Waals surface area contributed by atoms with E-state index in [1.807, 2.05) is 6.07 Å². The van der Waals surface area contributed by atoms with Crippen LogP contribution in [0.4, 0.5) is 39.3 Å². The molecule has 0 fully saturated rings. The topological polar surface area (TPSA) is 338 Å². The van der Waals surface area contributed by atoms with Gasteiger partial charge >= 0.3 is 0 Å². The zero-order valence-corrected chi connectivity index (χ0v) is 33.2. The van der Waals surface area contributed by atoms with E-state index in [4.69, 9.17) is 0 Å². The molecule has 5 aromatic carbocycles. The van der Waals surface area contributed by atoms with Gasteiger partial charge in [0.15, 0.2) is 11.4 Å². The summed E-state index contributed by atoms with van der Waals surface area (Å²) < 4.78 is 104. The Morgan fingerprint density at radius 2 is 1.32 bits per heavy atom. The molecule has 22 nitrogen and oxygen atoms in total. The number of hydrogen-bond acceptors (Lipinski definition) is 18. The van der Waals surface area contributed by atoms with Gasteiger partial charge in [-0.1, -0.05) is 29.5 Å². The minimum Gasteiger partial charge on any atom is -0.505 e. The summed E-state index contributed by atoms with van der Waals surface area (Å²) in [7, 11) is -14.6. The van der Waals surface area contributed by atoms with E-state index in [1.54, 1.807) is 18.2 Å². The predicted octanol–water partition coefficient (Wildman–Crippen LogP) is 7.99. The standard InChI is InChI=1S/C34H24N10O12S4/c1-17(45)36-25-14-27(30(59(51,52)53)15-26(25)40-43-34-37-22-4-2-3-5-29(22)57-34)41-38-23-12-11-21-20(31(23)46)10-13-24(32(21)60(54,55)56)39-42-28-16-35-44(33(28)47)18-6-8-19(9-7-18)58(48,49)50/h2-16,46-47H,1H3,(H,36,45)(H,48,49,50)(H,51,52,53)(H,54,55,56). The van der Waals surface area contributed by atoms with Gasteiger partial charge in [-0.25, -0.2) is 4.98 Å². The van der Waals surface area contributed by atoms with Crippen molar-refractivity contribution in [3.63, 3.8) is 0 Å². The first-order chi connectivity index (χ1) is 28.3. The Labute approximate surface area is 341 Å². The summed E-state index contributed by atoms with van der Waals surface area (Å²) in [5.41, 5.74) is -1.11. The number of phenolic OH excluding ortho intramolecular Hbond substituents is 1. The zero-order chi connectivity index (χ0) is 43.1. The second-order valence-electron chi connectivity index (χ2n) is 12.2. The molecular formula is C34H24N10O12S4. The van der Waals surface area contributed by atoms with Crippen LogP contribution in [-0.4, -0.2) is 69.8 Å². The molecular weight excluding hydrogens is 869 g/mol. The van der Waals surface area contributed by atoms with Crippen molar-refractivity contribution in [3.8, 4) is 17.3 Å². The van der Waals surface area contributed by atoms with Crippen LogP contribution in [0.2, 0.25) is 0 Å². The van der Waals surface area contributed by atoms with Crippen LogP contribution in [0.3, 0.4) is 0 Å². The van der Waals surface area contributed by atoms with Crippen molar-refractivity contribution in [3.05, 3.63) is 91.1 Å². The molecule has 2 aromatic heterocycles. The highest BCUT2D eigenvalue weighted by Crippen LogP contribution is 2.43. The average Bonchev–Trinajstić information content (AvgIpc) is 3.77. The van der Waals surface area contributed by atoms with Gasteiger partial charge in [0, 0.05) is 17.7 Å². The van der Waals surface area contributed by atoms with Gasteiger partial charge < -0.3 is 15.5 Å². The highest BCUT2D eigenvalue weighted by atomic mass is 32.2. The molecule has 7 rings (SSSR count). The number of hydrogen-bond donors (Lipinski definition) is 6. The lowest BCUT2D eigenvalue weighted by Crippen LogP contribution is -2.07. The van der Waals surface area contributed by atoms with E-state index in [9.17, 15) is 53.9 Å². The Morgan fingerprint density at radius 3 is 1.98 bits per heavy atom. The first kappa shape index (κ1) is 41.2. The molecule has 0 saturated carbocycles. The van der Waals surface area contributed by atoms with Crippen LogP contribution in [0.15, 0.2) is 136 Å². The highest BCUT2D eigenvalue weighted by Gasteiger charge is 2.24. The molecule has 0 radical (unpaired) electrons. The van der Waals surface area contributed by atoms with Crippen LogP contribution < -0.4 is 5.32 Å². The molecule has 0 aliphatic carbocycles. The van der Waals surface area contributed by atoms with Crippen molar-refractivity contribution in [1.29, 1.82) is 0 Å². The molecule has 6 N–H and O–H groups in total. The lowest BCUT2D eigenvalue weighted by molar-refractivity contribution is -0.114. The SMILES string of the molecule is CC(=O)Nc1cc(N=Nc2ccc3c(S(=O)(=O)O)c(N=Nc4cnn(-c5ccc(S(=O)(=O)O)cc5)c4O)ccc3c2O)c(S(=O)(=O)O)cc1N=Nc1nc2ccccc2s1. The minimum atomic E-state index is -5.10. The molecule has 7 aromatic rings. The maximum Gasteiger partial charge on any atom is 0.297 e. The van der Waals surface area contributed by atoms with Gasteiger partial charge in [0.1, 0.15) is 32.5 Å². The van der Waals surface area contributed by atoms with Crippen molar-refractivity contribution < 1.29 is 53.9 Å². The first-order valence-corrected chi connectivity index (χ1v) is 21.6. The normalized spacial score (nSPS) is 12.7. The molecule has 0 atom stereocenters. The summed E-state index contributed by atoms with van der Waals surface area (Å²) in [5, 5.41) is 51.6. The molecule has 0 aliphatic rings. The van der Waals surface area contributed by atoms with E-state index in [-0.39, 0.29) is 44.3 Å². The lowest BCUT2D eigenvalue weighted by Gasteiger charge is -2.11. The highest BCUT2D eigenvalue weighted by molar-refractivity contribution is 7.86. The fraction of sp³-hybridized carbons (Fsp3) is 0.0294. The van der Waals surface area contributed by atoms with Crippen molar-refractivity contribution >= 4 is 108 Å². The maximum atomic E-state index is 12.7. The molecule has 0 saturated heterocycles. The lowest BCUT2D eigenvalue weighted by atomic mass is 10.1. The van der Waals surface area contributed by atoms with Gasteiger partial charge in [0.2, 0.25) is 16.9 Å². The van der Waals surface area contributed by atoms with E-state index in [0.29, 0.717) is 5.52 Å². The monoisotopic (exact) mass is 892 g/mol. The molecule has 0 unspecified atom stereocenters. The Morgan fingerprint density at radius 1 is 0.683 bits per heavy atom. The van der Waals surface area contributed by atoms with Crippen molar-refractivity contribution in [1.82, 2.24) is 14.8 Å². The van der Waals surface area contributed by atoms with Gasteiger partial charge in [-0.2, -0.15) is 35.0 Å². The number of anilines is 1. The van der Waals surface area contributed by atoms with Gasteiger partial charge in [-0.3, -0.25) is 18.5 Å². The molecule has 26 heteroatoms. The van der Waals surface area contributed by atoms with Crippen LogP contribution in [0.25, 0.3) is 26.7 Å². The van der Waals surface area contributed by atoms with E-state index < -0.39 is 74.0 Å². The summed E-state index contributed by atoms with van der Waals surface area (Å²) in [4.78, 5) is 14.4. The number of para-hydroxylation sites is 1. The summed E-state index contributed by atoms with van der Waals surface area (Å²) in [6.45, 7) is 1.17. The molecule has 0 spiro atoms. The number of aromatic nitrogens is 3. The van der Waals surface area contributed by atoms with Crippen molar-refractivity contribution in [2.45, 2.75) is 21.6 Å². The molecule has 1 amide bonds. The fourth-order valence-corrected chi connectivity index (χ4v) is 8.27. The van der Waals surface area contributed by atoms with Gasteiger partial charge in [-0.15, -0.1) is 30.7 Å². The van der Waals surface area contributed by atoms with Crippen molar-refractivity contribution in [2.75, 3.05) is 5.32 Å². The number of carbonyl (C=O) groups excluding carboxylic acids is 1. The molecule has 306 valence electrons.